The fourth-order valence-corrected chi connectivity index (χ4v) is 1.51. The molecule has 0 aliphatic heterocycles. The van der Waals surface area contributed by atoms with Crippen LogP contribution in [0.1, 0.15) is 46.5 Å². The summed E-state index contributed by atoms with van der Waals surface area (Å²) in [6.45, 7) is 5.05. The Morgan fingerprint density at radius 1 is 1.24 bits per heavy atom. The number of hydrogen-bond donors (Lipinski definition) is 2. The summed E-state index contributed by atoms with van der Waals surface area (Å²) in [4.78, 5) is 34.2. The molecule has 2 aromatic rings. The topological polar surface area (TPSA) is 131 Å². The maximum atomic E-state index is 12.1. The van der Waals surface area contributed by atoms with Crippen molar-refractivity contribution in [1.29, 1.82) is 0 Å². The Labute approximate surface area is 119 Å². The predicted octanol–water partition coefficient (Wildman–Crippen LogP) is 0.531. The lowest BCUT2D eigenvalue weighted by Gasteiger charge is -2.21. The minimum absolute atomic E-state index is 0.00621. The van der Waals surface area contributed by atoms with Gasteiger partial charge in [-0.2, -0.15) is 4.98 Å². The van der Waals surface area contributed by atoms with Gasteiger partial charge < -0.3 is 14.9 Å². The largest absolute Gasteiger partial charge is 0.476 e. The molecule has 21 heavy (non-hydrogen) atoms. The van der Waals surface area contributed by atoms with Crippen molar-refractivity contribution < 1.29 is 19.2 Å². The number of carboxylic acid groups (broad SMARTS) is 1. The molecule has 2 aromatic heterocycles. The number of aryl methyl sites for hydroxylation is 1. The molecule has 0 atom stereocenters. The lowest BCUT2D eigenvalue weighted by molar-refractivity contribution is 0.0688. The first-order chi connectivity index (χ1) is 9.79. The summed E-state index contributed by atoms with van der Waals surface area (Å²) in [6, 6.07) is 0. The molecule has 0 saturated heterocycles. The number of carbonyl (C=O) groups excluding carboxylic acids is 1. The average molecular weight is 291 g/mol. The highest BCUT2D eigenvalue weighted by molar-refractivity contribution is 5.93. The van der Waals surface area contributed by atoms with Gasteiger partial charge in [-0.15, -0.1) is 0 Å². The molecule has 0 radical (unpaired) electrons. The van der Waals surface area contributed by atoms with Gasteiger partial charge in [0.2, 0.25) is 5.89 Å². The van der Waals surface area contributed by atoms with Crippen LogP contribution < -0.4 is 5.32 Å². The molecule has 1 amide bonds. The van der Waals surface area contributed by atoms with Crippen LogP contribution in [0.2, 0.25) is 0 Å². The molecule has 0 aliphatic carbocycles. The molecule has 110 valence electrons. The Morgan fingerprint density at radius 2 is 1.86 bits per heavy atom. The highest BCUT2D eigenvalue weighted by atomic mass is 16.5. The maximum Gasteiger partial charge on any atom is 0.356 e. The van der Waals surface area contributed by atoms with Gasteiger partial charge in [0, 0.05) is 6.92 Å². The number of aromatic carboxylic acids is 1. The highest BCUT2D eigenvalue weighted by Crippen LogP contribution is 2.16. The van der Waals surface area contributed by atoms with Crippen LogP contribution in [0.25, 0.3) is 0 Å². The molecule has 9 nitrogen and oxygen atoms in total. The Balaban J connectivity index is 2.15. The van der Waals surface area contributed by atoms with E-state index in [1.54, 1.807) is 20.8 Å². The lowest BCUT2D eigenvalue weighted by Crippen LogP contribution is -2.42. The molecule has 0 aliphatic rings. The fourth-order valence-electron chi connectivity index (χ4n) is 1.51. The van der Waals surface area contributed by atoms with Crippen molar-refractivity contribution in [2.45, 2.75) is 26.3 Å². The zero-order chi connectivity index (χ0) is 15.6. The van der Waals surface area contributed by atoms with Crippen molar-refractivity contribution >= 4 is 11.9 Å². The van der Waals surface area contributed by atoms with Crippen molar-refractivity contribution in [3.8, 4) is 0 Å². The van der Waals surface area contributed by atoms with E-state index >= 15 is 0 Å². The maximum absolute atomic E-state index is 12.1. The molecule has 2 N–H and O–H groups in total. The molecule has 0 bridgehead atoms. The van der Waals surface area contributed by atoms with Crippen LogP contribution in [0, 0.1) is 6.92 Å². The molecule has 0 fully saturated rings. The van der Waals surface area contributed by atoms with Crippen molar-refractivity contribution in [3.63, 3.8) is 0 Å². The average Bonchev–Trinajstić information content (AvgIpc) is 2.86. The molecule has 0 spiro atoms. The smallest absolute Gasteiger partial charge is 0.356 e. The van der Waals surface area contributed by atoms with E-state index in [1.807, 2.05) is 0 Å². The van der Waals surface area contributed by atoms with Gasteiger partial charge in [0.05, 0.1) is 17.9 Å². The number of rotatable bonds is 4. The van der Waals surface area contributed by atoms with Gasteiger partial charge >= 0.3 is 5.97 Å². The van der Waals surface area contributed by atoms with E-state index in [4.69, 9.17) is 9.63 Å². The summed E-state index contributed by atoms with van der Waals surface area (Å²) in [6.07, 6.45) is 2.11. The molecular weight excluding hydrogens is 278 g/mol. The Kier molecular flexibility index (Phi) is 3.66. The Hall–Kier alpha value is -2.84. The SMILES string of the molecule is Cc1nc(C(C)(C)NC(=O)c2cnc(C(=O)O)cn2)no1. The van der Waals surface area contributed by atoms with E-state index < -0.39 is 17.4 Å². The number of hydrogen-bond acceptors (Lipinski definition) is 7. The first-order valence-electron chi connectivity index (χ1n) is 5.98. The van der Waals surface area contributed by atoms with Gasteiger partial charge in [0.15, 0.2) is 11.5 Å². The normalized spacial score (nSPS) is 11.2. The Morgan fingerprint density at radius 3 is 2.33 bits per heavy atom. The first-order valence-corrected chi connectivity index (χ1v) is 5.98. The third kappa shape index (κ3) is 3.19. The molecule has 0 unspecified atom stereocenters. The molecule has 2 rings (SSSR count). The highest BCUT2D eigenvalue weighted by Gasteiger charge is 2.29. The zero-order valence-electron chi connectivity index (χ0n) is 11.6. The fraction of sp³-hybridized carbons (Fsp3) is 0.333. The second-order valence-electron chi connectivity index (χ2n) is 4.81. The van der Waals surface area contributed by atoms with Crippen molar-refractivity contribution in [3.05, 3.63) is 35.5 Å². The summed E-state index contributed by atoms with van der Waals surface area (Å²) in [5, 5.41) is 15.2. The summed E-state index contributed by atoms with van der Waals surface area (Å²) < 4.78 is 4.87. The summed E-state index contributed by atoms with van der Waals surface area (Å²) in [5.41, 5.74) is -1.12. The minimum atomic E-state index is -1.21. The Bertz CT molecular complexity index is 677. The lowest BCUT2D eigenvalue weighted by atomic mass is 10.0. The minimum Gasteiger partial charge on any atom is -0.476 e. The van der Waals surface area contributed by atoms with Gasteiger partial charge in [-0.25, -0.2) is 14.8 Å². The van der Waals surface area contributed by atoms with Gasteiger partial charge in [-0.1, -0.05) is 5.16 Å². The third-order valence-corrected chi connectivity index (χ3v) is 2.62. The van der Waals surface area contributed by atoms with Crippen LogP contribution in [0.5, 0.6) is 0 Å². The molecule has 9 heteroatoms. The number of amides is 1. The van der Waals surface area contributed by atoms with E-state index in [0.717, 1.165) is 12.4 Å². The number of carboxylic acids is 1. The van der Waals surface area contributed by atoms with Crippen molar-refractivity contribution in [2.24, 2.45) is 0 Å². The van der Waals surface area contributed by atoms with Crippen LogP contribution in [0.15, 0.2) is 16.9 Å². The van der Waals surface area contributed by atoms with Crippen LogP contribution >= 0.6 is 0 Å². The third-order valence-electron chi connectivity index (χ3n) is 2.62. The molecular formula is C12H13N5O4. The van der Waals surface area contributed by atoms with Crippen molar-refractivity contribution in [1.82, 2.24) is 25.4 Å². The quantitative estimate of drug-likeness (QED) is 0.833. The second kappa shape index (κ2) is 5.27. The zero-order valence-corrected chi connectivity index (χ0v) is 11.6. The summed E-state index contributed by atoms with van der Waals surface area (Å²) in [7, 11) is 0. The van der Waals surface area contributed by atoms with Crippen LogP contribution in [-0.2, 0) is 5.54 Å². The van der Waals surface area contributed by atoms with E-state index in [9.17, 15) is 9.59 Å². The van der Waals surface area contributed by atoms with E-state index in [1.165, 1.54) is 0 Å². The van der Waals surface area contributed by atoms with E-state index in [0.29, 0.717) is 11.7 Å². The van der Waals surface area contributed by atoms with E-state index in [2.05, 4.69) is 25.4 Å². The van der Waals surface area contributed by atoms with Gasteiger partial charge in [0.1, 0.15) is 5.69 Å². The van der Waals surface area contributed by atoms with Gasteiger partial charge in [-0.05, 0) is 13.8 Å². The number of nitrogens with one attached hydrogen (secondary N) is 1. The number of aromatic nitrogens is 4. The summed E-state index contributed by atoms with van der Waals surface area (Å²) >= 11 is 0. The monoisotopic (exact) mass is 291 g/mol. The van der Waals surface area contributed by atoms with Crippen molar-refractivity contribution in [2.75, 3.05) is 0 Å². The van der Waals surface area contributed by atoms with Crippen LogP contribution in [0.3, 0.4) is 0 Å². The summed E-state index contributed by atoms with van der Waals surface area (Å²) in [5.74, 6) is -1.02. The standard InChI is InChI=1S/C12H13N5O4/c1-6-15-11(17-21-6)12(2,3)16-9(18)7-4-14-8(5-13-7)10(19)20/h4-5H,1-3H3,(H,16,18)(H,19,20). The first kappa shape index (κ1) is 14.6. The molecule has 0 saturated carbocycles. The second-order valence-corrected chi connectivity index (χ2v) is 4.81. The van der Waals surface area contributed by atoms with Gasteiger partial charge in [-0.3, -0.25) is 4.79 Å². The van der Waals surface area contributed by atoms with Gasteiger partial charge in [0.25, 0.3) is 5.91 Å². The molecule has 2 heterocycles. The van der Waals surface area contributed by atoms with Crippen LogP contribution in [-0.4, -0.2) is 37.1 Å². The molecule has 0 aromatic carbocycles. The van der Waals surface area contributed by atoms with E-state index in [-0.39, 0.29) is 11.4 Å². The number of nitrogens with zero attached hydrogens (tertiary/aromatic N) is 4. The number of carbonyl (C=O) groups is 2. The van der Waals surface area contributed by atoms with Crippen LogP contribution in [0.4, 0.5) is 0 Å². The predicted molar refractivity (Wildman–Crippen MR) is 68.5 cm³/mol.